The van der Waals surface area contributed by atoms with Crippen molar-refractivity contribution in [2.45, 2.75) is 18.7 Å². The van der Waals surface area contributed by atoms with E-state index in [0.29, 0.717) is 5.75 Å². The molecule has 0 aromatic heterocycles. The highest BCUT2D eigenvalue weighted by atomic mass is 35.5. The molecule has 5 heteroatoms. The monoisotopic (exact) mass is 374 g/mol. The summed E-state index contributed by atoms with van der Waals surface area (Å²) in [5.41, 5.74) is 3.62. The number of anilines is 1. The van der Waals surface area contributed by atoms with E-state index in [1.165, 1.54) is 21.7 Å². The third kappa shape index (κ3) is 4.50. The fourth-order valence-corrected chi connectivity index (χ4v) is 4.17. The molecule has 1 aliphatic heterocycles. The largest absolute Gasteiger partial charge is 0.368 e. The zero-order chi connectivity index (χ0) is 17.8. The quantitative estimate of drug-likeness (QED) is 0.741. The Bertz CT molecular complexity index is 757. The molecule has 25 heavy (non-hydrogen) atoms. The van der Waals surface area contributed by atoms with Crippen molar-refractivity contribution in [2.75, 3.05) is 36.8 Å². The van der Waals surface area contributed by atoms with Gasteiger partial charge in [0.15, 0.2) is 0 Å². The minimum absolute atomic E-state index is 0.218. The minimum atomic E-state index is 0.218. The molecule has 1 fully saturated rings. The van der Waals surface area contributed by atoms with Crippen LogP contribution in [0, 0.1) is 13.8 Å². The molecule has 1 amide bonds. The van der Waals surface area contributed by atoms with Crippen LogP contribution in [-0.4, -0.2) is 42.7 Å². The van der Waals surface area contributed by atoms with Crippen LogP contribution in [-0.2, 0) is 4.79 Å². The van der Waals surface area contributed by atoms with Crippen molar-refractivity contribution in [3.63, 3.8) is 0 Å². The number of benzene rings is 2. The van der Waals surface area contributed by atoms with Gasteiger partial charge >= 0.3 is 0 Å². The van der Waals surface area contributed by atoms with Crippen molar-refractivity contribution >= 4 is 35.0 Å². The fourth-order valence-electron chi connectivity index (χ4n) is 3.07. The molecule has 1 saturated heterocycles. The van der Waals surface area contributed by atoms with Gasteiger partial charge in [0.05, 0.1) is 5.75 Å². The van der Waals surface area contributed by atoms with Gasteiger partial charge in [0.25, 0.3) is 0 Å². The summed E-state index contributed by atoms with van der Waals surface area (Å²) in [7, 11) is 0. The lowest BCUT2D eigenvalue weighted by atomic mass is 10.1. The summed E-state index contributed by atoms with van der Waals surface area (Å²) in [6.45, 7) is 7.41. The van der Waals surface area contributed by atoms with Gasteiger partial charge in [-0.2, -0.15) is 0 Å². The standard InChI is InChI=1S/C20H23ClN2OS/c1-15-7-8-17(21)13-18(15)22-9-11-23(12-10-22)20(24)14-25-19-6-4-3-5-16(19)2/h3-8,13H,9-12,14H2,1-2H3. The lowest BCUT2D eigenvalue weighted by molar-refractivity contribution is -0.128. The molecule has 0 radical (unpaired) electrons. The Balaban J connectivity index is 1.54. The Kier molecular flexibility index (Phi) is 5.92. The topological polar surface area (TPSA) is 23.6 Å². The smallest absolute Gasteiger partial charge is 0.233 e. The first-order chi connectivity index (χ1) is 12.0. The van der Waals surface area contributed by atoms with Crippen LogP contribution >= 0.6 is 23.4 Å². The summed E-state index contributed by atoms with van der Waals surface area (Å²) in [6.07, 6.45) is 0. The van der Waals surface area contributed by atoms with E-state index in [-0.39, 0.29) is 5.91 Å². The van der Waals surface area contributed by atoms with E-state index in [2.05, 4.69) is 30.9 Å². The van der Waals surface area contributed by atoms with Crippen LogP contribution < -0.4 is 4.90 Å². The van der Waals surface area contributed by atoms with Crippen LogP contribution in [0.1, 0.15) is 11.1 Å². The van der Waals surface area contributed by atoms with Crippen LogP contribution in [0.5, 0.6) is 0 Å². The second kappa shape index (κ2) is 8.15. The average molecular weight is 375 g/mol. The predicted octanol–water partition coefficient (Wildman–Crippen LogP) is 4.40. The van der Waals surface area contributed by atoms with E-state index >= 15 is 0 Å². The van der Waals surface area contributed by atoms with E-state index in [9.17, 15) is 4.79 Å². The van der Waals surface area contributed by atoms with Crippen LogP contribution in [0.4, 0.5) is 5.69 Å². The zero-order valence-corrected chi connectivity index (χ0v) is 16.2. The number of carbonyl (C=O) groups excluding carboxylic acids is 1. The molecule has 0 N–H and O–H groups in total. The molecule has 1 aliphatic rings. The van der Waals surface area contributed by atoms with Crippen molar-refractivity contribution in [1.82, 2.24) is 4.90 Å². The van der Waals surface area contributed by atoms with Gasteiger partial charge in [0.1, 0.15) is 0 Å². The molecule has 132 valence electrons. The number of aryl methyl sites for hydroxylation is 2. The summed E-state index contributed by atoms with van der Waals surface area (Å²) < 4.78 is 0. The van der Waals surface area contributed by atoms with Crippen molar-refractivity contribution in [1.29, 1.82) is 0 Å². The van der Waals surface area contributed by atoms with E-state index in [1.807, 2.05) is 35.2 Å². The van der Waals surface area contributed by atoms with Crippen LogP contribution in [0.2, 0.25) is 5.02 Å². The van der Waals surface area contributed by atoms with E-state index in [4.69, 9.17) is 11.6 Å². The maximum atomic E-state index is 12.5. The number of thioether (sulfide) groups is 1. The van der Waals surface area contributed by atoms with E-state index in [1.54, 1.807) is 11.8 Å². The number of amides is 1. The molecule has 2 aromatic rings. The van der Waals surface area contributed by atoms with Crippen LogP contribution in [0.3, 0.4) is 0 Å². The molecule has 0 atom stereocenters. The molecular formula is C20H23ClN2OS. The average Bonchev–Trinajstić information content (AvgIpc) is 2.63. The molecular weight excluding hydrogens is 352 g/mol. The van der Waals surface area contributed by atoms with Crippen molar-refractivity contribution < 1.29 is 4.79 Å². The Morgan fingerprint density at radius 2 is 1.76 bits per heavy atom. The molecule has 3 nitrogen and oxygen atoms in total. The van der Waals surface area contributed by atoms with Gasteiger partial charge in [0.2, 0.25) is 5.91 Å². The molecule has 0 spiro atoms. The zero-order valence-electron chi connectivity index (χ0n) is 14.7. The number of rotatable bonds is 4. The maximum absolute atomic E-state index is 12.5. The molecule has 2 aromatic carbocycles. The van der Waals surface area contributed by atoms with Crippen molar-refractivity contribution in [3.05, 3.63) is 58.6 Å². The summed E-state index contributed by atoms with van der Waals surface area (Å²) in [5, 5.41) is 0.758. The predicted molar refractivity (Wildman–Crippen MR) is 107 cm³/mol. The minimum Gasteiger partial charge on any atom is -0.368 e. The van der Waals surface area contributed by atoms with Gasteiger partial charge in [-0.15, -0.1) is 11.8 Å². The first-order valence-corrected chi connectivity index (χ1v) is 9.88. The molecule has 0 saturated carbocycles. The molecule has 3 rings (SSSR count). The third-order valence-corrected chi connectivity index (χ3v) is 5.98. The number of hydrogen-bond donors (Lipinski definition) is 0. The Morgan fingerprint density at radius 1 is 1.04 bits per heavy atom. The maximum Gasteiger partial charge on any atom is 0.233 e. The van der Waals surface area contributed by atoms with Crippen molar-refractivity contribution in [2.24, 2.45) is 0 Å². The Hall–Kier alpha value is -1.65. The van der Waals surface area contributed by atoms with Gasteiger partial charge in [0, 0.05) is 41.8 Å². The van der Waals surface area contributed by atoms with Gasteiger partial charge in [-0.1, -0.05) is 35.9 Å². The highest BCUT2D eigenvalue weighted by Gasteiger charge is 2.22. The van der Waals surface area contributed by atoms with Crippen LogP contribution in [0.25, 0.3) is 0 Å². The number of hydrogen-bond acceptors (Lipinski definition) is 3. The number of carbonyl (C=O) groups is 1. The molecule has 0 aliphatic carbocycles. The van der Waals surface area contributed by atoms with Gasteiger partial charge in [-0.3, -0.25) is 4.79 Å². The highest BCUT2D eigenvalue weighted by molar-refractivity contribution is 8.00. The molecule has 0 bridgehead atoms. The highest BCUT2D eigenvalue weighted by Crippen LogP contribution is 2.26. The number of piperazine rings is 1. The normalized spacial score (nSPS) is 14.7. The number of nitrogens with zero attached hydrogens (tertiary/aromatic N) is 2. The summed E-state index contributed by atoms with van der Waals surface area (Å²) in [4.78, 5) is 18.0. The SMILES string of the molecule is Cc1ccccc1SCC(=O)N1CCN(c2cc(Cl)ccc2C)CC1. The van der Waals surface area contributed by atoms with Gasteiger partial charge < -0.3 is 9.80 Å². The molecule has 0 unspecified atom stereocenters. The first-order valence-electron chi connectivity index (χ1n) is 8.52. The van der Waals surface area contributed by atoms with Gasteiger partial charge in [-0.25, -0.2) is 0 Å². The molecule has 1 heterocycles. The lowest BCUT2D eigenvalue weighted by Gasteiger charge is -2.37. The number of halogens is 1. The fraction of sp³-hybridized carbons (Fsp3) is 0.350. The second-order valence-electron chi connectivity index (χ2n) is 6.35. The van der Waals surface area contributed by atoms with Crippen molar-refractivity contribution in [3.8, 4) is 0 Å². The summed E-state index contributed by atoms with van der Waals surface area (Å²) >= 11 is 7.76. The lowest BCUT2D eigenvalue weighted by Crippen LogP contribution is -2.49. The first kappa shape index (κ1) is 18.2. The summed E-state index contributed by atoms with van der Waals surface area (Å²) in [5.74, 6) is 0.719. The Morgan fingerprint density at radius 3 is 2.48 bits per heavy atom. The third-order valence-electron chi connectivity index (χ3n) is 4.59. The van der Waals surface area contributed by atoms with E-state index < -0.39 is 0 Å². The van der Waals surface area contributed by atoms with E-state index in [0.717, 1.165) is 31.2 Å². The van der Waals surface area contributed by atoms with Crippen LogP contribution in [0.15, 0.2) is 47.4 Å². The summed E-state index contributed by atoms with van der Waals surface area (Å²) in [6, 6.07) is 14.2. The Labute approximate surface area is 159 Å². The second-order valence-corrected chi connectivity index (χ2v) is 7.81. The van der Waals surface area contributed by atoms with Gasteiger partial charge in [-0.05, 0) is 43.2 Å².